The summed E-state index contributed by atoms with van der Waals surface area (Å²) < 4.78 is 7.78. The van der Waals surface area contributed by atoms with E-state index in [4.69, 9.17) is 16.3 Å². The maximum absolute atomic E-state index is 6.24. The van der Waals surface area contributed by atoms with Crippen LogP contribution >= 0.6 is 11.6 Å². The summed E-state index contributed by atoms with van der Waals surface area (Å²) in [5.74, 6) is 1.37. The van der Waals surface area contributed by atoms with Crippen molar-refractivity contribution in [1.82, 2.24) is 19.8 Å². The third kappa shape index (κ3) is 4.03. The summed E-state index contributed by atoms with van der Waals surface area (Å²) in [6.07, 6.45) is 8.03. The van der Waals surface area contributed by atoms with Crippen LogP contribution in [-0.2, 0) is 4.74 Å². The molecular formula is C21H28ClN5O. The summed E-state index contributed by atoms with van der Waals surface area (Å²) in [6, 6.07) is 8.09. The molecule has 150 valence electrons. The highest BCUT2D eigenvalue weighted by Crippen LogP contribution is 2.30. The van der Waals surface area contributed by atoms with Gasteiger partial charge in [0.2, 0.25) is 0 Å². The fraction of sp³-hybridized carbons (Fsp3) is 0.524. The molecule has 1 fully saturated rings. The lowest BCUT2D eigenvalue weighted by Gasteiger charge is -2.31. The number of nitrogens with one attached hydrogen (secondary N) is 2. The Morgan fingerprint density at radius 3 is 2.79 bits per heavy atom. The van der Waals surface area contributed by atoms with E-state index >= 15 is 0 Å². The van der Waals surface area contributed by atoms with Crippen LogP contribution in [0.25, 0.3) is 17.0 Å². The molecular weight excluding hydrogens is 374 g/mol. The van der Waals surface area contributed by atoms with Gasteiger partial charge in [-0.25, -0.2) is 4.98 Å². The van der Waals surface area contributed by atoms with Crippen molar-refractivity contribution in [2.75, 3.05) is 12.0 Å². The van der Waals surface area contributed by atoms with Gasteiger partial charge in [0.25, 0.3) is 0 Å². The van der Waals surface area contributed by atoms with Crippen molar-refractivity contribution in [1.29, 1.82) is 0 Å². The summed E-state index contributed by atoms with van der Waals surface area (Å²) in [5, 5.41) is 11.5. The van der Waals surface area contributed by atoms with E-state index < -0.39 is 0 Å². The normalized spacial score (nSPS) is 20.0. The summed E-state index contributed by atoms with van der Waals surface area (Å²) >= 11 is 6.24. The van der Waals surface area contributed by atoms with Crippen molar-refractivity contribution in [3.63, 3.8) is 0 Å². The number of fused-ring (bicyclic) bond motifs is 1. The Balaban J connectivity index is 1.35. The Kier molecular flexibility index (Phi) is 5.87. The fourth-order valence-corrected chi connectivity index (χ4v) is 4.26. The van der Waals surface area contributed by atoms with E-state index in [1.165, 1.54) is 38.5 Å². The zero-order chi connectivity index (χ0) is 19.5. The van der Waals surface area contributed by atoms with E-state index in [2.05, 4.69) is 27.4 Å². The monoisotopic (exact) mass is 401 g/mol. The lowest BCUT2D eigenvalue weighted by Crippen LogP contribution is -2.29. The van der Waals surface area contributed by atoms with Gasteiger partial charge in [0.05, 0.1) is 11.8 Å². The Hall–Kier alpha value is -2.05. The molecule has 1 aromatic carbocycles. The molecule has 28 heavy (non-hydrogen) atoms. The zero-order valence-corrected chi connectivity index (χ0v) is 17.3. The molecule has 0 spiro atoms. The maximum atomic E-state index is 6.24. The Morgan fingerprint density at radius 1 is 1.25 bits per heavy atom. The Morgan fingerprint density at radius 2 is 2.04 bits per heavy atom. The second kappa shape index (κ2) is 8.53. The Labute approximate surface area is 170 Å². The van der Waals surface area contributed by atoms with Crippen LogP contribution in [0.2, 0.25) is 5.02 Å². The molecule has 0 saturated heterocycles. The van der Waals surface area contributed by atoms with E-state index in [0.717, 1.165) is 22.9 Å². The van der Waals surface area contributed by atoms with Gasteiger partial charge in [-0.2, -0.15) is 4.63 Å². The van der Waals surface area contributed by atoms with Crippen LogP contribution in [0.5, 0.6) is 0 Å². The largest absolute Gasteiger partial charge is 0.363 e. The molecule has 0 amide bonds. The average Bonchev–Trinajstić information content (AvgIpc) is 3.23. The van der Waals surface area contributed by atoms with Crippen LogP contribution in [0.1, 0.15) is 51.1 Å². The van der Waals surface area contributed by atoms with E-state index in [-0.39, 0.29) is 0 Å². The number of hydrogen-bond acceptors (Lipinski definition) is 4. The minimum Gasteiger partial charge on any atom is -0.363 e. The number of nitrogens with zero attached hydrogens (tertiary/aromatic N) is 3. The number of rotatable bonds is 7. The highest BCUT2D eigenvalue weighted by molar-refractivity contribution is 6.34. The average molecular weight is 402 g/mol. The SMILES string of the molecule is CCC[C@@H]1CCCCC1OCNc1ccc(-c2nc3c(Cl)c(C)[nH]n3n2)cc1. The number of hydrogen-bond donors (Lipinski definition) is 2. The lowest BCUT2D eigenvalue weighted by atomic mass is 9.83. The van der Waals surface area contributed by atoms with Gasteiger partial charge in [-0.05, 0) is 56.4 Å². The highest BCUT2D eigenvalue weighted by atomic mass is 35.5. The molecule has 3 aromatic rings. The van der Waals surface area contributed by atoms with Crippen molar-refractivity contribution >= 4 is 22.9 Å². The first-order chi connectivity index (χ1) is 13.7. The quantitative estimate of drug-likeness (QED) is 0.518. The molecule has 1 aliphatic carbocycles. The predicted molar refractivity (Wildman–Crippen MR) is 113 cm³/mol. The van der Waals surface area contributed by atoms with Gasteiger partial charge >= 0.3 is 0 Å². The summed E-state index contributed by atoms with van der Waals surface area (Å²) in [6.45, 7) is 4.71. The van der Waals surface area contributed by atoms with Gasteiger partial charge in [-0.3, -0.25) is 5.10 Å². The standard InChI is InChI=1S/C21H28ClN5O/c1-3-6-15-7-4-5-8-18(15)28-13-23-17-11-9-16(10-12-17)20-24-21-19(22)14(2)25-27(21)26-20/h9-12,15,18,23,25H,3-8,13H2,1-2H3/t15-,18?/m1/s1. The molecule has 2 heterocycles. The van der Waals surface area contributed by atoms with Crippen molar-refractivity contribution in [2.24, 2.45) is 5.92 Å². The highest BCUT2D eigenvalue weighted by Gasteiger charge is 2.24. The van der Waals surface area contributed by atoms with E-state index in [1.54, 1.807) is 4.63 Å². The Bertz CT molecular complexity index is 915. The second-order valence-electron chi connectivity index (χ2n) is 7.66. The number of halogens is 1. The van der Waals surface area contributed by atoms with Crippen LogP contribution in [-0.4, -0.2) is 32.6 Å². The van der Waals surface area contributed by atoms with Crippen molar-refractivity contribution < 1.29 is 4.74 Å². The summed E-state index contributed by atoms with van der Waals surface area (Å²) in [7, 11) is 0. The van der Waals surface area contributed by atoms with Gasteiger partial charge in [-0.15, -0.1) is 5.10 Å². The third-order valence-electron chi connectivity index (χ3n) is 5.62. The lowest BCUT2D eigenvalue weighted by molar-refractivity contribution is -0.00454. The second-order valence-corrected chi connectivity index (χ2v) is 8.04. The first kappa shape index (κ1) is 19.3. The minimum absolute atomic E-state index is 0.395. The van der Waals surface area contributed by atoms with Gasteiger partial charge < -0.3 is 10.1 Å². The molecule has 0 radical (unpaired) electrons. The molecule has 1 aliphatic rings. The van der Waals surface area contributed by atoms with E-state index in [1.807, 2.05) is 31.2 Å². The number of ether oxygens (including phenoxy) is 1. The van der Waals surface area contributed by atoms with Crippen LogP contribution in [0.4, 0.5) is 5.69 Å². The molecule has 0 aliphatic heterocycles. The number of aryl methyl sites for hydroxylation is 1. The first-order valence-corrected chi connectivity index (χ1v) is 10.6. The van der Waals surface area contributed by atoms with Crippen molar-refractivity contribution in [2.45, 2.75) is 58.5 Å². The first-order valence-electron chi connectivity index (χ1n) is 10.2. The number of anilines is 1. The molecule has 1 saturated carbocycles. The molecule has 2 atom stereocenters. The van der Waals surface area contributed by atoms with Crippen molar-refractivity contribution in [3.8, 4) is 11.4 Å². The van der Waals surface area contributed by atoms with E-state index in [0.29, 0.717) is 29.3 Å². The predicted octanol–water partition coefficient (Wildman–Crippen LogP) is 5.43. The van der Waals surface area contributed by atoms with Gasteiger partial charge in [-0.1, -0.05) is 37.8 Å². The number of aromatic nitrogens is 4. The molecule has 1 unspecified atom stereocenters. The topological polar surface area (TPSA) is 67.2 Å². The van der Waals surface area contributed by atoms with Crippen LogP contribution in [0.15, 0.2) is 24.3 Å². The van der Waals surface area contributed by atoms with Crippen LogP contribution in [0.3, 0.4) is 0 Å². The van der Waals surface area contributed by atoms with Crippen LogP contribution in [0, 0.1) is 12.8 Å². The number of benzene rings is 1. The molecule has 2 aromatic heterocycles. The van der Waals surface area contributed by atoms with Gasteiger partial charge in [0, 0.05) is 11.3 Å². The van der Waals surface area contributed by atoms with Gasteiger partial charge in [0.15, 0.2) is 11.5 Å². The number of H-pyrrole nitrogens is 1. The summed E-state index contributed by atoms with van der Waals surface area (Å²) in [5.41, 5.74) is 3.50. The maximum Gasteiger partial charge on any atom is 0.194 e. The van der Waals surface area contributed by atoms with Crippen molar-refractivity contribution in [3.05, 3.63) is 35.0 Å². The molecule has 0 bridgehead atoms. The molecule has 2 N–H and O–H groups in total. The zero-order valence-electron chi connectivity index (χ0n) is 16.5. The minimum atomic E-state index is 0.395. The molecule has 6 nitrogen and oxygen atoms in total. The smallest absolute Gasteiger partial charge is 0.194 e. The van der Waals surface area contributed by atoms with Gasteiger partial charge in [0.1, 0.15) is 11.8 Å². The van der Waals surface area contributed by atoms with Crippen LogP contribution < -0.4 is 5.32 Å². The van der Waals surface area contributed by atoms with E-state index in [9.17, 15) is 0 Å². The molecule has 7 heteroatoms. The third-order valence-corrected chi connectivity index (χ3v) is 6.07. The molecule has 4 rings (SSSR count). The summed E-state index contributed by atoms with van der Waals surface area (Å²) in [4.78, 5) is 4.53. The number of aromatic amines is 1. The fourth-order valence-electron chi connectivity index (χ4n) is 4.09.